The number of hydrogen-bond acceptors (Lipinski definition) is 5. The number of carbonyl (C=O) groups excluding carboxylic acids is 1. The van der Waals surface area contributed by atoms with Crippen LogP contribution in [0.5, 0.6) is 0 Å². The molecule has 7 N–H and O–H groups in total. The quantitative estimate of drug-likeness (QED) is 0.160. The highest BCUT2D eigenvalue weighted by molar-refractivity contribution is 5.91. The molecule has 7 nitrogen and oxygen atoms in total. The molecular formula is C15H27N3O4. The van der Waals surface area contributed by atoms with Crippen molar-refractivity contribution in [3.8, 4) is 0 Å². The Morgan fingerprint density at radius 1 is 1.18 bits per heavy atom. The molecule has 0 aromatic carbocycles. The fraction of sp³-hybridized carbons (Fsp3) is 0.600. The van der Waals surface area contributed by atoms with Gasteiger partial charge in [0.2, 0.25) is 5.91 Å². The molecular weight excluding hydrogens is 286 g/mol. The molecule has 7 heteroatoms. The van der Waals surface area contributed by atoms with Crippen molar-refractivity contribution in [1.82, 2.24) is 5.32 Å². The molecule has 1 amide bonds. The standard InChI is InChI=1S/C15H27N3O4/c1-11(16)9-7-5-3-2-4-6-8-10-12(19)18-13(14(17)20)15(21)22/h4,6,8,10-11,13-14,20H,2-3,5,7,9,16-17H2,1H3,(H,18,19)(H,21,22)/b6-4+,10-8+/t11?,13-,14-/m0/s1. The van der Waals surface area contributed by atoms with E-state index in [2.05, 4.69) is 5.32 Å². The highest BCUT2D eigenvalue weighted by atomic mass is 16.4. The van der Waals surface area contributed by atoms with Crippen molar-refractivity contribution >= 4 is 11.9 Å². The maximum Gasteiger partial charge on any atom is 0.330 e. The lowest BCUT2D eigenvalue weighted by molar-refractivity contribution is -0.144. The predicted octanol–water partition coefficient (Wildman–Crippen LogP) is 0.243. The van der Waals surface area contributed by atoms with Gasteiger partial charge in [-0.2, -0.15) is 0 Å². The number of hydrogen-bond donors (Lipinski definition) is 5. The Balaban J connectivity index is 3.89. The van der Waals surface area contributed by atoms with Crippen LogP contribution in [0.3, 0.4) is 0 Å². The molecule has 3 atom stereocenters. The van der Waals surface area contributed by atoms with E-state index in [4.69, 9.17) is 21.7 Å². The highest BCUT2D eigenvalue weighted by Crippen LogP contribution is 2.05. The lowest BCUT2D eigenvalue weighted by atomic mass is 10.1. The number of unbranched alkanes of at least 4 members (excludes halogenated alkanes) is 3. The largest absolute Gasteiger partial charge is 0.480 e. The molecule has 0 rings (SSSR count). The Bertz CT molecular complexity index is 392. The van der Waals surface area contributed by atoms with Crippen LogP contribution < -0.4 is 16.8 Å². The van der Waals surface area contributed by atoms with Crippen LogP contribution in [0.1, 0.15) is 39.0 Å². The summed E-state index contributed by atoms with van der Waals surface area (Å²) in [5.41, 5.74) is 10.7. The minimum Gasteiger partial charge on any atom is -0.480 e. The number of carbonyl (C=O) groups is 2. The van der Waals surface area contributed by atoms with E-state index in [1.165, 1.54) is 12.2 Å². The van der Waals surface area contributed by atoms with Crippen molar-refractivity contribution in [2.45, 2.75) is 57.3 Å². The number of carboxylic acids is 1. The van der Waals surface area contributed by atoms with Crippen LogP contribution in [-0.2, 0) is 9.59 Å². The third-order valence-electron chi connectivity index (χ3n) is 2.93. The van der Waals surface area contributed by atoms with Gasteiger partial charge in [-0.3, -0.25) is 4.79 Å². The highest BCUT2D eigenvalue weighted by Gasteiger charge is 2.24. The molecule has 0 radical (unpaired) electrons. The lowest BCUT2D eigenvalue weighted by Crippen LogP contribution is -2.52. The molecule has 126 valence electrons. The molecule has 0 bridgehead atoms. The molecule has 0 saturated carbocycles. The molecule has 0 aromatic heterocycles. The van der Waals surface area contributed by atoms with Gasteiger partial charge in [-0.25, -0.2) is 4.79 Å². The molecule has 22 heavy (non-hydrogen) atoms. The van der Waals surface area contributed by atoms with Crippen LogP contribution in [0.15, 0.2) is 24.3 Å². The Kier molecular flexibility index (Phi) is 11.0. The zero-order chi connectivity index (χ0) is 17.0. The maximum atomic E-state index is 11.4. The van der Waals surface area contributed by atoms with Crippen LogP contribution in [0.2, 0.25) is 0 Å². The van der Waals surface area contributed by atoms with Gasteiger partial charge in [-0.05, 0) is 26.2 Å². The van der Waals surface area contributed by atoms with Crippen LogP contribution in [0.4, 0.5) is 0 Å². The van der Waals surface area contributed by atoms with E-state index in [0.717, 1.165) is 32.1 Å². The molecule has 0 aliphatic rings. The third kappa shape index (κ3) is 11.0. The number of aliphatic hydroxyl groups is 1. The van der Waals surface area contributed by atoms with E-state index in [9.17, 15) is 9.59 Å². The van der Waals surface area contributed by atoms with Gasteiger partial charge in [0.1, 0.15) is 6.23 Å². The molecule has 0 spiro atoms. The summed E-state index contributed by atoms with van der Waals surface area (Å²) in [5.74, 6) is -2.02. The minimum absolute atomic E-state index is 0.249. The summed E-state index contributed by atoms with van der Waals surface area (Å²) >= 11 is 0. The zero-order valence-electron chi connectivity index (χ0n) is 12.9. The number of aliphatic hydroxyl groups excluding tert-OH is 1. The van der Waals surface area contributed by atoms with Crippen molar-refractivity contribution < 1.29 is 19.8 Å². The van der Waals surface area contributed by atoms with Gasteiger partial charge in [-0.1, -0.05) is 31.1 Å². The monoisotopic (exact) mass is 313 g/mol. The van der Waals surface area contributed by atoms with E-state index in [-0.39, 0.29) is 6.04 Å². The summed E-state index contributed by atoms with van der Waals surface area (Å²) in [7, 11) is 0. The summed E-state index contributed by atoms with van der Waals surface area (Å²) in [6.45, 7) is 1.99. The Labute approximate surface area is 131 Å². The maximum absolute atomic E-state index is 11.4. The first-order chi connectivity index (χ1) is 10.3. The first-order valence-electron chi connectivity index (χ1n) is 7.40. The minimum atomic E-state index is -1.65. The normalized spacial score (nSPS) is 15.8. The van der Waals surface area contributed by atoms with Gasteiger partial charge in [0.25, 0.3) is 0 Å². The van der Waals surface area contributed by atoms with Gasteiger partial charge in [0.15, 0.2) is 6.04 Å². The first kappa shape index (κ1) is 20.3. The zero-order valence-corrected chi connectivity index (χ0v) is 12.9. The predicted molar refractivity (Wildman–Crippen MR) is 84.8 cm³/mol. The van der Waals surface area contributed by atoms with Crippen molar-refractivity contribution in [2.75, 3.05) is 0 Å². The van der Waals surface area contributed by atoms with Crippen LogP contribution >= 0.6 is 0 Å². The fourth-order valence-corrected chi connectivity index (χ4v) is 1.72. The number of aliphatic carboxylic acids is 1. The molecule has 0 fully saturated rings. The number of amides is 1. The number of carboxylic acid groups (broad SMARTS) is 1. The number of nitrogens with one attached hydrogen (secondary N) is 1. The molecule has 0 aliphatic carbocycles. The van der Waals surface area contributed by atoms with Crippen LogP contribution in [0.25, 0.3) is 0 Å². The van der Waals surface area contributed by atoms with Gasteiger partial charge in [-0.15, -0.1) is 0 Å². The van der Waals surface area contributed by atoms with Gasteiger partial charge in [0.05, 0.1) is 0 Å². The average molecular weight is 313 g/mol. The van der Waals surface area contributed by atoms with Gasteiger partial charge in [0, 0.05) is 12.1 Å². The van der Waals surface area contributed by atoms with Crippen molar-refractivity contribution in [1.29, 1.82) is 0 Å². The van der Waals surface area contributed by atoms with E-state index >= 15 is 0 Å². The molecule has 0 saturated heterocycles. The lowest BCUT2D eigenvalue weighted by Gasteiger charge is -2.15. The van der Waals surface area contributed by atoms with Gasteiger partial charge >= 0.3 is 5.97 Å². The number of nitrogens with two attached hydrogens (primary N) is 2. The molecule has 1 unspecified atom stereocenters. The SMILES string of the molecule is CC(N)CCCCC/C=C/C=C/C(=O)N[C@H](C(=O)O)[C@@H](N)O. The second kappa shape index (κ2) is 11.9. The number of rotatable bonds is 11. The fourth-order valence-electron chi connectivity index (χ4n) is 1.72. The van der Waals surface area contributed by atoms with Crippen LogP contribution in [0, 0.1) is 0 Å². The van der Waals surface area contributed by atoms with Crippen molar-refractivity contribution in [3.05, 3.63) is 24.3 Å². The average Bonchev–Trinajstić information content (AvgIpc) is 2.41. The summed E-state index contributed by atoms with van der Waals surface area (Å²) < 4.78 is 0. The first-order valence-corrected chi connectivity index (χ1v) is 7.40. The van der Waals surface area contributed by atoms with Crippen molar-refractivity contribution in [2.24, 2.45) is 11.5 Å². The van der Waals surface area contributed by atoms with Crippen molar-refractivity contribution in [3.63, 3.8) is 0 Å². The topological polar surface area (TPSA) is 139 Å². The Morgan fingerprint density at radius 2 is 1.86 bits per heavy atom. The van der Waals surface area contributed by atoms with Crippen LogP contribution in [-0.4, -0.2) is 40.4 Å². The summed E-state index contributed by atoms with van der Waals surface area (Å²) in [6, 6.07) is -1.27. The van der Waals surface area contributed by atoms with E-state index in [1.807, 2.05) is 13.0 Å². The summed E-state index contributed by atoms with van der Waals surface area (Å²) in [5, 5.41) is 19.9. The molecule has 0 heterocycles. The number of allylic oxidation sites excluding steroid dienone is 3. The molecule has 0 aromatic rings. The smallest absolute Gasteiger partial charge is 0.330 e. The third-order valence-corrected chi connectivity index (χ3v) is 2.93. The van der Waals surface area contributed by atoms with E-state index in [1.54, 1.807) is 6.08 Å². The molecule has 0 aliphatic heterocycles. The van der Waals surface area contributed by atoms with E-state index in [0.29, 0.717) is 0 Å². The second-order valence-corrected chi connectivity index (χ2v) is 5.22. The Hall–Kier alpha value is -1.70. The van der Waals surface area contributed by atoms with Gasteiger partial charge < -0.3 is 27.0 Å². The summed E-state index contributed by atoms with van der Waals surface area (Å²) in [4.78, 5) is 22.1. The summed E-state index contributed by atoms with van der Waals surface area (Å²) in [6.07, 6.45) is 9.93. The second-order valence-electron chi connectivity index (χ2n) is 5.22. The Morgan fingerprint density at radius 3 is 2.41 bits per heavy atom. The van der Waals surface area contributed by atoms with E-state index < -0.39 is 24.1 Å².